The van der Waals surface area contributed by atoms with Crippen LogP contribution < -0.4 is 10.6 Å². The van der Waals surface area contributed by atoms with Gasteiger partial charge in [-0.05, 0) is 26.8 Å². The number of amides is 1. The molecule has 16 heavy (non-hydrogen) atoms. The number of hydrogen-bond acceptors (Lipinski definition) is 3. The fourth-order valence-corrected chi connectivity index (χ4v) is 1.15. The lowest BCUT2D eigenvalue weighted by Gasteiger charge is -2.19. The van der Waals surface area contributed by atoms with Gasteiger partial charge in [0.15, 0.2) is 0 Å². The molecular weight excluding hydrogens is 204 g/mol. The summed E-state index contributed by atoms with van der Waals surface area (Å²) in [7, 11) is 0. The zero-order valence-corrected chi connectivity index (χ0v) is 10.2. The van der Waals surface area contributed by atoms with Gasteiger partial charge in [0.05, 0.1) is 13.1 Å². The lowest BCUT2D eigenvalue weighted by Crippen LogP contribution is -2.43. The molecule has 1 aromatic heterocycles. The third-order valence-corrected chi connectivity index (χ3v) is 2.00. The first kappa shape index (κ1) is 12.7. The third-order valence-electron chi connectivity index (χ3n) is 2.00. The molecule has 1 aromatic rings. The van der Waals surface area contributed by atoms with Crippen molar-refractivity contribution < 1.29 is 4.79 Å². The summed E-state index contributed by atoms with van der Waals surface area (Å²) in [5.41, 5.74) is -0.0284. The van der Waals surface area contributed by atoms with Crippen molar-refractivity contribution in [3.8, 4) is 0 Å². The van der Waals surface area contributed by atoms with Crippen LogP contribution in [0.4, 0.5) is 0 Å². The largest absolute Gasteiger partial charge is 0.353 e. The zero-order valence-electron chi connectivity index (χ0n) is 10.2. The van der Waals surface area contributed by atoms with Crippen LogP contribution in [-0.4, -0.2) is 34.3 Å². The summed E-state index contributed by atoms with van der Waals surface area (Å²) in [6, 6.07) is 1.86. The van der Waals surface area contributed by atoms with Gasteiger partial charge in [0.25, 0.3) is 0 Å². The molecule has 0 saturated heterocycles. The normalized spacial score (nSPS) is 11.4. The topological polar surface area (TPSA) is 59.0 Å². The second-order valence-electron chi connectivity index (χ2n) is 4.72. The van der Waals surface area contributed by atoms with E-state index in [1.807, 2.05) is 33.0 Å². The first-order valence-electron chi connectivity index (χ1n) is 5.46. The van der Waals surface area contributed by atoms with Crippen LogP contribution in [-0.2, 0) is 11.3 Å². The van der Waals surface area contributed by atoms with Gasteiger partial charge in [-0.25, -0.2) is 0 Å². The Balaban J connectivity index is 2.11. The van der Waals surface area contributed by atoms with Crippen molar-refractivity contribution in [3.05, 3.63) is 18.5 Å². The number of nitrogens with one attached hydrogen (secondary N) is 2. The Kier molecular flexibility index (Phi) is 4.49. The quantitative estimate of drug-likeness (QED) is 0.760. The van der Waals surface area contributed by atoms with Crippen LogP contribution >= 0.6 is 0 Å². The zero-order chi connectivity index (χ0) is 12.0. The van der Waals surface area contributed by atoms with Gasteiger partial charge < -0.3 is 10.6 Å². The van der Waals surface area contributed by atoms with Gasteiger partial charge in [-0.15, -0.1) is 0 Å². The van der Waals surface area contributed by atoms with Gasteiger partial charge in [0.1, 0.15) is 0 Å². The van der Waals surface area contributed by atoms with E-state index in [0.717, 1.165) is 0 Å². The summed E-state index contributed by atoms with van der Waals surface area (Å²) < 4.78 is 1.79. The molecule has 0 aliphatic rings. The Hall–Kier alpha value is -1.36. The standard InChI is InChI=1S/C11H20N4O/c1-11(2,3)13-9-10(16)12-6-8-15-7-4-5-14-15/h4-5,7,13H,6,8-9H2,1-3H3,(H,12,16). The average molecular weight is 224 g/mol. The Labute approximate surface area is 96.2 Å². The molecule has 1 amide bonds. The summed E-state index contributed by atoms with van der Waals surface area (Å²) in [6.07, 6.45) is 3.60. The van der Waals surface area contributed by atoms with Crippen molar-refractivity contribution in [2.45, 2.75) is 32.9 Å². The van der Waals surface area contributed by atoms with Crippen LogP contribution in [0.3, 0.4) is 0 Å². The molecule has 0 atom stereocenters. The molecule has 5 nitrogen and oxygen atoms in total. The fraction of sp³-hybridized carbons (Fsp3) is 0.636. The van der Waals surface area contributed by atoms with Crippen molar-refractivity contribution in [1.29, 1.82) is 0 Å². The van der Waals surface area contributed by atoms with E-state index >= 15 is 0 Å². The highest BCUT2D eigenvalue weighted by molar-refractivity contribution is 5.78. The Morgan fingerprint density at radius 1 is 1.44 bits per heavy atom. The maximum Gasteiger partial charge on any atom is 0.234 e. The van der Waals surface area contributed by atoms with Crippen LogP contribution in [0.25, 0.3) is 0 Å². The Bertz CT molecular complexity index is 313. The molecule has 1 heterocycles. The van der Waals surface area contributed by atoms with Crippen molar-refractivity contribution in [2.24, 2.45) is 0 Å². The molecule has 1 rings (SSSR count). The smallest absolute Gasteiger partial charge is 0.234 e. The lowest BCUT2D eigenvalue weighted by atomic mass is 10.1. The van der Waals surface area contributed by atoms with E-state index in [1.165, 1.54) is 0 Å². The van der Waals surface area contributed by atoms with Gasteiger partial charge in [-0.3, -0.25) is 9.48 Å². The van der Waals surface area contributed by atoms with Crippen molar-refractivity contribution in [3.63, 3.8) is 0 Å². The second kappa shape index (κ2) is 5.65. The maximum atomic E-state index is 11.4. The van der Waals surface area contributed by atoms with E-state index in [-0.39, 0.29) is 11.4 Å². The molecule has 90 valence electrons. The van der Waals surface area contributed by atoms with E-state index in [1.54, 1.807) is 10.9 Å². The third kappa shape index (κ3) is 5.50. The molecular formula is C11H20N4O. The molecule has 0 aromatic carbocycles. The number of rotatable bonds is 5. The number of aromatic nitrogens is 2. The first-order valence-corrected chi connectivity index (χ1v) is 5.46. The Morgan fingerprint density at radius 3 is 2.75 bits per heavy atom. The SMILES string of the molecule is CC(C)(C)NCC(=O)NCCn1cccn1. The van der Waals surface area contributed by atoms with E-state index in [2.05, 4.69) is 15.7 Å². The summed E-state index contributed by atoms with van der Waals surface area (Å²) in [6.45, 7) is 7.75. The molecule has 0 spiro atoms. The van der Waals surface area contributed by atoms with Crippen LogP contribution in [0.1, 0.15) is 20.8 Å². The molecule has 0 aliphatic carbocycles. The monoisotopic (exact) mass is 224 g/mol. The minimum Gasteiger partial charge on any atom is -0.353 e. The summed E-state index contributed by atoms with van der Waals surface area (Å²) in [4.78, 5) is 11.4. The van der Waals surface area contributed by atoms with Crippen LogP contribution in [0.15, 0.2) is 18.5 Å². The predicted octanol–water partition coefficient (Wildman–Crippen LogP) is 0.387. The van der Waals surface area contributed by atoms with Crippen LogP contribution in [0, 0.1) is 0 Å². The van der Waals surface area contributed by atoms with E-state index in [4.69, 9.17) is 0 Å². The molecule has 0 radical (unpaired) electrons. The van der Waals surface area contributed by atoms with Gasteiger partial charge in [-0.1, -0.05) is 0 Å². The fourth-order valence-electron chi connectivity index (χ4n) is 1.15. The molecule has 0 saturated carbocycles. The first-order chi connectivity index (χ1) is 7.47. The molecule has 0 aliphatic heterocycles. The van der Waals surface area contributed by atoms with Gasteiger partial charge in [0, 0.05) is 24.5 Å². The number of carbonyl (C=O) groups excluding carboxylic acids is 1. The summed E-state index contributed by atoms with van der Waals surface area (Å²) >= 11 is 0. The number of nitrogens with zero attached hydrogens (tertiary/aromatic N) is 2. The van der Waals surface area contributed by atoms with E-state index in [0.29, 0.717) is 19.6 Å². The molecule has 0 unspecified atom stereocenters. The molecule has 2 N–H and O–H groups in total. The summed E-state index contributed by atoms with van der Waals surface area (Å²) in [5, 5.41) is 10.0. The van der Waals surface area contributed by atoms with E-state index < -0.39 is 0 Å². The van der Waals surface area contributed by atoms with Crippen molar-refractivity contribution in [1.82, 2.24) is 20.4 Å². The van der Waals surface area contributed by atoms with Crippen LogP contribution in [0.2, 0.25) is 0 Å². The van der Waals surface area contributed by atoms with Crippen molar-refractivity contribution >= 4 is 5.91 Å². The molecule has 5 heteroatoms. The number of carbonyl (C=O) groups is 1. The second-order valence-corrected chi connectivity index (χ2v) is 4.72. The van der Waals surface area contributed by atoms with Gasteiger partial charge in [-0.2, -0.15) is 5.10 Å². The minimum absolute atomic E-state index is 0.0158. The molecule has 0 bridgehead atoms. The predicted molar refractivity (Wildman–Crippen MR) is 63.0 cm³/mol. The Morgan fingerprint density at radius 2 is 2.19 bits per heavy atom. The minimum atomic E-state index is -0.0284. The van der Waals surface area contributed by atoms with E-state index in [9.17, 15) is 4.79 Å². The highest BCUT2D eigenvalue weighted by atomic mass is 16.1. The summed E-state index contributed by atoms with van der Waals surface area (Å²) in [5.74, 6) is 0.0158. The number of hydrogen-bond donors (Lipinski definition) is 2. The van der Waals surface area contributed by atoms with Gasteiger partial charge in [0.2, 0.25) is 5.91 Å². The maximum absolute atomic E-state index is 11.4. The highest BCUT2D eigenvalue weighted by Crippen LogP contribution is 1.96. The van der Waals surface area contributed by atoms with Crippen molar-refractivity contribution in [2.75, 3.05) is 13.1 Å². The van der Waals surface area contributed by atoms with Gasteiger partial charge >= 0.3 is 0 Å². The van der Waals surface area contributed by atoms with Crippen LogP contribution in [0.5, 0.6) is 0 Å². The highest BCUT2D eigenvalue weighted by Gasteiger charge is 2.10. The molecule has 0 fully saturated rings. The average Bonchev–Trinajstić information content (AvgIpc) is 2.66. The lowest BCUT2D eigenvalue weighted by molar-refractivity contribution is -0.120.